The van der Waals surface area contributed by atoms with E-state index in [-0.39, 0.29) is 5.97 Å². The van der Waals surface area contributed by atoms with E-state index in [0.717, 1.165) is 114 Å². The van der Waals surface area contributed by atoms with Gasteiger partial charge in [0.05, 0.1) is 49.3 Å². The molecule has 13 heteroatoms. The minimum Gasteiger partial charge on any atom is -0.496 e. The molecule has 0 spiro atoms. The lowest BCUT2D eigenvalue weighted by atomic mass is 10.0. The van der Waals surface area contributed by atoms with Crippen molar-refractivity contribution in [2.24, 2.45) is 0 Å². The number of hydrogen-bond donors (Lipinski definition) is 1. The van der Waals surface area contributed by atoms with Crippen molar-refractivity contribution in [3.05, 3.63) is 169 Å². The van der Waals surface area contributed by atoms with Crippen molar-refractivity contribution in [1.82, 2.24) is 4.98 Å². The molecular weight excluding hydrogens is 953 g/mol. The van der Waals surface area contributed by atoms with Gasteiger partial charge in [-0.1, -0.05) is 106 Å². The maximum absolute atomic E-state index is 12.4. The maximum atomic E-state index is 12.4. The number of anilines is 1. The molecule has 2 N–H and O–H groups in total. The van der Waals surface area contributed by atoms with Crippen LogP contribution in [0.1, 0.15) is 110 Å². The molecule has 0 saturated carbocycles. The summed E-state index contributed by atoms with van der Waals surface area (Å²) in [6.07, 6.45) is 16.4. The first kappa shape index (κ1) is 64.7. The molecule has 0 amide bonds. The van der Waals surface area contributed by atoms with Gasteiger partial charge in [0.15, 0.2) is 5.13 Å². The lowest BCUT2D eigenvalue weighted by Gasteiger charge is -2.10. The summed E-state index contributed by atoms with van der Waals surface area (Å²) >= 11 is 1.52. The van der Waals surface area contributed by atoms with E-state index in [0.29, 0.717) is 55.3 Å². The van der Waals surface area contributed by atoms with Crippen LogP contribution in [-0.4, -0.2) is 77.3 Å². The van der Waals surface area contributed by atoms with E-state index < -0.39 is 0 Å². The molecule has 1 heterocycles. The van der Waals surface area contributed by atoms with E-state index in [1.165, 1.54) is 30.3 Å². The van der Waals surface area contributed by atoms with Crippen molar-refractivity contribution in [2.75, 3.05) is 53.0 Å². The molecule has 0 aliphatic rings. The number of nitrogens with zero attached hydrogens (tertiary/aromatic N) is 1. The third-order valence-corrected chi connectivity index (χ3v) is 10.7. The first-order valence-corrected chi connectivity index (χ1v) is 25.7. The number of hydrogen-bond acceptors (Lipinski definition) is 13. The van der Waals surface area contributed by atoms with Gasteiger partial charge in [0.1, 0.15) is 29.8 Å². The average molecular weight is 1030 g/mol. The van der Waals surface area contributed by atoms with Gasteiger partial charge in [0, 0.05) is 31.3 Å². The van der Waals surface area contributed by atoms with Gasteiger partial charge in [-0.25, -0.2) is 9.78 Å². The highest BCUT2D eigenvalue weighted by Gasteiger charge is 2.09. The van der Waals surface area contributed by atoms with Crippen molar-refractivity contribution in [3.63, 3.8) is 0 Å². The van der Waals surface area contributed by atoms with Crippen LogP contribution in [0.5, 0.6) is 17.2 Å². The second kappa shape index (κ2) is 43.3. The summed E-state index contributed by atoms with van der Waals surface area (Å²) in [5.74, 6) is 1.99. The molecule has 0 aliphatic carbocycles. The Bertz CT molecular complexity index is 2400. The highest BCUT2D eigenvalue weighted by molar-refractivity contribution is 7.22. The molecule has 74 heavy (non-hydrogen) atoms. The molecular formula is C61H78N2O10S. The van der Waals surface area contributed by atoms with E-state index >= 15 is 0 Å². The molecule has 0 aliphatic heterocycles. The van der Waals surface area contributed by atoms with E-state index in [2.05, 4.69) is 61.5 Å². The molecule has 6 aromatic rings. The van der Waals surface area contributed by atoms with Crippen LogP contribution in [-0.2, 0) is 30.2 Å². The average Bonchev–Trinajstić information content (AvgIpc) is 3.82. The first-order valence-electron chi connectivity index (χ1n) is 24.9. The Kier molecular flexibility index (Phi) is 37.8. The number of fused-ring (bicyclic) bond motifs is 1. The summed E-state index contributed by atoms with van der Waals surface area (Å²) in [6.45, 7) is 19.9. The number of methoxy groups -OCH3 is 2. The molecule has 0 atom stereocenters. The number of nitrogens with two attached hydrogens (primary N) is 1. The maximum Gasteiger partial charge on any atom is 0.338 e. The fraction of sp³-hybridized carbons (Fsp3) is 0.328. The Morgan fingerprint density at radius 3 is 1.73 bits per heavy atom. The summed E-state index contributed by atoms with van der Waals surface area (Å²) < 4.78 is 32.9. The van der Waals surface area contributed by atoms with Gasteiger partial charge >= 0.3 is 5.97 Å². The largest absolute Gasteiger partial charge is 0.496 e. The highest BCUT2D eigenvalue weighted by Crippen LogP contribution is 2.28. The molecule has 12 nitrogen and oxygen atoms in total. The number of aromatic nitrogens is 1. The molecule has 398 valence electrons. The second-order valence-electron chi connectivity index (χ2n) is 15.9. The third-order valence-electron chi connectivity index (χ3n) is 9.88. The lowest BCUT2D eigenvalue weighted by Crippen LogP contribution is -2.08. The summed E-state index contributed by atoms with van der Waals surface area (Å²) in [5.41, 5.74) is 11.9. The molecule has 6 rings (SSSR count). The Morgan fingerprint density at radius 1 is 0.676 bits per heavy atom. The summed E-state index contributed by atoms with van der Waals surface area (Å²) in [5, 5.41) is 0.640. The third kappa shape index (κ3) is 29.2. The fourth-order valence-corrected chi connectivity index (χ4v) is 7.01. The van der Waals surface area contributed by atoms with E-state index in [1.807, 2.05) is 67.6 Å². The number of nitrogen functional groups attached to an aromatic ring is 1. The Balaban J connectivity index is 0.000000601. The number of allylic oxidation sites excluding steroid dienone is 2. The van der Waals surface area contributed by atoms with Crippen molar-refractivity contribution < 1.29 is 47.6 Å². The minimum absolute atomic E-state index is 0.303. The molecule has 0 unspecified atom stereocenters. The number of thiazole rings is 1. The standard InChI is InChI=1S/C31H34O6.C14H20O3.C7H6N2S.C3H4O.C3H8.C3H6/c1-3-25-22-28(14-17-30(25)34-2)26-10-8-24(9-11-26)18-21-37-31(33)27-12-15-29(16-13-27)36-20-7-5-4-6-19-35-23-32;1-16-10-4-2-3-5-11-17-14-8-6-13(12-15)7-9-14;8-7-9-5-3-1-2-4-6(5)10-7;1-2-3-4;2*1-3-2/h3,8-17,22-23H,1,4-7,18-21H2,2H3;6-9,12H,2-5,10-11H2,1H3;1-4H,(H2,8,9);2-3H,1H2;3H2,1-2H3;3H,1H2,2H3. The summed E-state index contributed by atoms with van der Waals surface area (Å²) in [7, 11) is 3.38. The quantitative estimate of drug-likeness (QED) is 0.0180. The van der Waals surface area contributed by atoms with Gasteiger partial charge in [0.25, 0.3) is 6.47 Å². The number of unbranched alkanes of at least 4 members (excludes halogenated alkanes) is 6. The first-order chi connectivity index (χ1) is 36.1. The number of carbonyl (C=O) groups is 4. The Morgan fingerprint density at radius 2 is 1.22 bits per heavy atom. The Labute approximate surface area is 444 Å². The summed E-state index contributed by atoms with van der Waals surface area (Å²) in [6, 6.07) is 36.3. The van der Waals surface area contributed by atoms with Crippen molar-refractivity contribution in [3.8, 4) is 28.4 Å². The van der Waals surface area contributed by atoms with Gasteiger partial charge in [0.2, 0.25) is 0 Å². The predicted octanol–water partition coefficient (Wildman–Crippen LogP) is 14.5. The topological polar surface area (TPSA) is 163 Å². The summed E-state index contributed by atoms with van der Waals surface area (Å²) in [4.78, 5) is 46.1. The zero-order valence-electron chi connectivity index (χ0n) is 44.2. The normalized spacial score (nSPS) is 9.64. The van der Waals surface area contributed by atoms with Crippen molar-refractivity contribution in [2.45, 2.75) is 85.0 Å². The number of carbonyl (C=O) groups excluding carboxylic acids is 4. The molecule has 5 aromatic carbocycles. The van der Waals surface area contributed by atoms with Crippen LogP contribution >= 0.6 is 11.3 Å². The number of para-hydroxylation sites is 1. The molecule has 1 aromatic heterocycles. The van der Waals surface area contributed by atoms with Crippen LogP contribution in [0.15, 0.2) is 147 Å². The number of aldehydes is 2. The zero-order chi connectivity index (χ0) is 54.4. The van der Waals surface area contributed by atoms with Crippen LogP contribution in [0.25, 0.3) is 27.4 Å². The van der Waals surface area contributed by atoms with E-state index in [9.17, 15) is 14.4 Å². The Hall–Kier alpha value is -7.35. The molecule has 0 saturated heterocycles. The minimum atomic E-state index is -0.351. The fourth-order valence-electron chi connectivity index (χ4n) is 6.27. The van der Waals surface area contributed by atoms with Crippen molar-refractivity contribution >= 4 is 57.8 Å². The van der Waals surface area contributed by atoms with Crippen LogP contribution in [0.4, 0.5) is 5.13 Å². The van der Waals surface area contributed by atoms with Gasteiger partial charge < -0.3 is 34.2 Å². The van der Waals surface area contributed by atoms with Crippen LogP contribution in [0.3, 0.4) is 0 Å². The van der Waals surface area contributed by atoms with Crippen LogP contribution in [0, 0.1) is 0 Å². The van der Waals surface area contributed by atoms with E-state index in [1.54, 1.807) is 62.8 Å². The number of rotatable bonds is 26. The van der Waals surface area contributed by atoms with Crippen molar-refractivity contribution in [1.29, 1.82) is 0 Å². The molecule has 0 fully saturated rings. The van der Waals surface area contributed by atoms with Gasteiger partial charge in [-0.2, -0.15) is 0 Å². The zero-order valence-corrected chi connectivity index (χ0v) is 45.0. The van der Waals surface area contributed by atoms with E-state index in [4.69, 9.17) is 34.2 Å². The molecule has 0 bridgehead atoms. The van der Waals surface area contributed by atoms with Gasteiger partial charge in [-0.15, -0.1) is 6.58 Å². The highest BCUT2D eigenvalue weighted by atomic mass is 32.1. The lowest BCUT2D eigenvalue weighted by molar-refractivity contribution is -0.128. The number of benzene rings is 5. The second-order valence-corrected chi connectivity index (χ2v) is 17.0. The smallest absolute Gasteiger partial charge is 0.338 e. The molecule has 0 radical (unpaired) electrons. The number of esters is 1. The number of ether oxygens (including phenoxy) is 6. The monoisotopic (exact) mass is 1030 g/mol. The predicted molar refractivity (Wildman–Crippen MR) is 305 cm³/mol. The van der Waals surface area contributed by atoms with Gasteiger partial charge in [-0.05, 0) is 147 Å². The van der Waals surface area contributed by atoms with Crippen LogP contribution < -0.4 is 19.9 Å². The van der Waals surface area contributed by atoms with Gasteiger partial charge in [-0.3, -0.25) is 14.4 Å². The SMILES string of the molecule is C=CC.C=CC=O.C=Cc1cc(-c2ccc(CCOC(=O)c3ccc(OCCCCCCOC=O)cc3)cc2)ccc1OC.CCC.COCCCCCCOc1ccc(C=O)cc1.Nc1nc2ccccc2s1. The van der Waals surface area contributed by atoms with Crippen LogP contribution in [0.2, 0.25) is 0 Å².